The van der Waals surface area contributed by atoms with E-state index in [1.54, 1.807) is 12.4 Å². The van der Waals surface area contributed by atoms with E-state index in [2.05, 4.69) is 15.6 Å². The lowest BCUT2D eigenvalue weighted by Crippen LogP contribution is -2.36. The van der Waals surface area contributed by atoms with E-state index in [1.165, 1.54) is 0 Å². The van der Waals surface area contributed by atoms with Crippen LogP contribution in [0.2, 0.25) is 0 Å². The number of urea groups is 1. The van der Waals surface area contributed by atoms with E-state index in [9.17, 15) is 4.79 Å². The molecule has 1 unspecified atom stereocenters. The number of benzene rings is 1. The Hall–Kier alpha value is -2.76. The molecule has 2 amide bonds. The monoisotopic (exact) mass is 313 g/mol. The highest BCUT2D eigenvalue weighted by atomic mass is 16.6. The van der Waals surface area contributed by atoms with E-state index in [0.29, 0.717) is 19.8 Å². The van der Waals surface area contributed by atoms with Gasteiger partial charge in [0.1, 0.15) is 13.2 Å². The Balaban J connectivity index is 1.56. The zero-order valence-corrected chi connectivity index (χ0v) is 12.9. The van der Waals surface area contributed by atoms with Gasteiger partial charge in [0.2, 0.25) is 0 Å². The van der Waals surface area contributed by atoms with Crippen LogP contribution in [0, 0.1) is 0 Å². The number of pyridine rings is 1. The minimum absolute atomic E-state index is 0.139. The normalized spacial score (nSPS) is 14.0. The van der Waals surface area contributed by atoms with Crippen molar-refractivity contribution >= 4 is 6.03 Å². The van der Waals surface area contributed by atoms with Gasteiger partial charge in [0.05, 0.1) is 6.04 Å². The number of amides is 2. The van der Waals surface area contributed by atoms with Crippen LogP contribution in [0.25, 0.3) is 0 Å². The van der Waals surface area contributed by atoms with Gasteiger partial charge in [-0.05, 0) is 36.2 Å². The van der Waals surface area contributed by atoms with Crippen LogP contribution in [0.1, 0.15) is 24.1 Å². The number of hydrogen-bond donors (Lipinski definition) is 2. The SMILES string of the molecule is CC(NC(=O)NCc1cccnc1)c1ccc2c(c1)OCCO2. The van der Waals surface area contributed by atoms with Crippen LogP contribution in [-0.4, -0.2) is 24.2 Å². The van der Waals surface area contributed by atoms with Gasteiger partial charge in [0.15, 0.2) is 11.5 Å². The van der Waals surface area contributed by atoms with Crippen LogP contribution >= 0.6 is 0 Å². The predicted molar refractivity (Wildman–Crippen MR) is 85.5 cm³/mol. The van der Waals surface area contributed by atoms with Crippen LogP contribution in [0.4, 0.5) is 4.79 Å². The quantitative estimate of drug-likeness (QED) is 0.909. The first kappa shape index (κ1) is 15.1. The predicted octanol–water partition coefficient (Wildman–Crippen LogP) is 2.41. The molecule has 0 aliphatic carbocycles. The molecule has 1 atom stereocenters. The van der Waals surface area contributed by atoms with Crippen molar-refractivity contribution < 1.29 is 14.3 Å². The molecule has 120 valence electrons. The first-order valence-electron chi connectivity index (χ1n) is 7.55. The third kappa shape index (κ3) is 3.91. The average molecular weight is 313 g/mol. The third-order valence-electron chi connectivity index (χ3n) is 3.59. The molecule has 6 nitrogen and oxygen atoms in total. The molecule has 23 heavy (non-hydrogen) atoms. The molecule has 2 aromatic rings. The number of carbonyl (C=O) groups excluding carboxylic acids is 1. The lowest BCUT2D eigenvalue weighted by molar-refractivity contribution is 0.171. The number of nitrogens with zero attached hydrogens (tertiary/aromatic N) is 1. The molecule has 1 aliphatic heterocycles. The number of ether oxygens (including phenoxy) is 2. The first-order chi connectivity index (χ1) is 11.2. The summed E-state index contributed by atoms with van der Waals surface area (Å²) in [6, 6.07) is 9.09. The summed E-state index contributed by atoms with van der Waals surface area (Å²) in [6.07, 6.45) is 3.43. The van der Waals surface area contributed by atoms with Gasteiger partial charge in [-0.2, -0.15) is 0 Å². The lowest BCUT2D eigenvalue weighted by atomic mass is 10.1. The van der Waals surface area contributed by atoms with E-state index in [-0.39, 0.29) is 12.1 Å². The van der Waals surface area contributed by atoms with Gasteiger partial charge in [0.25, 0.3) is 0 Å². The summed E-state index contributed by atoms with van der Waals surface area (Å²) in [7, 11) is 0. The molecule has 0 spiro atoms. The summed E-state index contributed by atoms with van der Waals surface area (Å²) in [5.74, 6) is 1.46. The number of nitrogens with one attached hydrogen (secondary N) is 2. The Morgan fingerprint density at radius 3 is 2.87 bits per heavy atom. The van der Waals surface area contributed by atoms with E-state index < -0.39 is 0 Å². The van der Waals surface area contributed by atoms with Gasteiger partial charge in [-0.15, -0.1) is 0 Å². The highest BCUT2D eigenvalue weighted by Crippen LogP contribution is 2.32. The van der Waals surface area contributed by atoms with E-state index in [4.69, 9.17) is 9.47 Å². The van der Waals surface area contributed by atoms with Crippen molar-refractivity contribution in [3.05, 3.63) is 53.9 Å². The Labute approximate surface area is 134 Å². The Kier molecular flexibility index (Phi) is 4.61. The smallest absolute Gasteiger partial charge is 0.315 e. The van der Waals surface area contributed by atoms with Gasteiger partial charge in [-0.25, -0.2) is 4.79 Å². The van der Waals surface area contributed by atoms with E-state index >= 15 is 0 Å². The van der Waals surface area contributed by atoms with Crippen molar-refractivity contribution in [3.63, 3.8) is 0 Å². The average Bonchev–Trinajstić information content (AvgIpc) is 2.60. The Morgan fingerprint density at radius 2 is 2.09 bits per heavy atom. The molecule has 6 heteroatoms. The minimum Gasteiger partial charge on any atom is -0.486 e. The molecule has 1 aromatic carbocycles. The number of carbonyl (C=O) groups is 1. The van der Waals surface area contributed by atoms with Crippen molar-refractivity contribution in [2.75, 3.05) is 13.2 Å². The molecular formula is C17H19N3O3. The first-order valence-corrected chi connectivity index (χ1v) is 7.55. The molecule has 1 aromatic heterocycles. The molecule has 0 bridgehead atoms. The second-order valence-corrected chi connectivity index (χ2v) is 5.31. The largest absolute Gasteiger partial charge is 0.486 e. The molecule has 2 heterocycles. The van der Waals surface area contributed by atoms with Crippen LogP contribution < -0.4 is 20.1 Å². The van der Waals surface area contributed by atoms with Crippen LogP contribution in [0.5, 0.6) is 11.5 Å². The molecule has 0 saturated heterocycles. The van der Waals surface area contributed by atoms with Crippen molar-refractivity contribution in [1.29, 1.82) is 0 Å². The number of aromatic nitrogens is 1. The Morgan fingerprint density at radius 1 is 1.26 bits per heavy atom. The second-order valence-electron chi connectivity index (χ2n) is 5.31. The van der Waals surface area contributed by atoms with Gasteiger partial charge in [-0.3, -0.25) is 4.98 Å². The fourth-order valence-electron chi connectivity index (χ4n) is 2.35. The van der Waals surface area contributed by atoms with Crippen LogP contribution in [0.15, 0.2) is 42.7 Å². The maximum atomic E-state index is 12.0. The van der Waals surface area contributed by atoms with Crippen LogP contribution in [-0.2, 0) is 6.54 Å². The summed E-state index contributed by atoms with van der Waals surface area (Å²) in [5.41, 5.74) is 1.92. The highest BCUT2D eigenvalue weighted by Gasteiger charge is 2.15. The van der Waals surface area contributed by atoms with Gasteiger partial charge < -0.3 is 20.1 Å². The molecule has 3 rings (SSSR count). The van der Waals surface area contributed by atoms with Gasteiger partial charge >= 0.3 is 6.03 Å². The molecule has 2 N–H and O–H groups in total. The third-order valence-corrected chi connectivity index (χ3v) is 3.59. The summed E-state index contributed by atoms with van der Waals surface area (Å²) in [4.78, 5) is 16.0. The second kappa shape index (κ2) is 7.00. The van der Waals surface area contributed by atoms with Crippen molar-refractivity contribution in [1.82, 2.24) is 15.6 Å². The zero-order chi connectivity index (χ0) is 16.1. The molecule has 1 aliphatic rings. The zero-order valence-electron chi connectivity index (χ0n) is 12.9. The summed E-state index contributed by atoms with van der Waals surface area (Å²) in [5, 5.41) is 5.72. The lowest BCUT2D eigenvalue weighted by Gasteiger charge is -2.21. The summed E-state index contributed by atoms with van der Waals surface area (Å²) < 4.78 is 11.1. The van der Waals surface area contributed by atoms with Crippen molar-refractivity contribution in [2.24, 2.45) is 0 Å². The topological polar surface area (TPSA) is 72.5 Å². The molecule has 0 fully saturated rings. The maximum Gasteiger partial charge on any atom is 0.315 e. The number of rotatable bonds is 4. The van der Waals surface area contributed by atoms with Gasteiger partial charge in [0, 0.05) is 18.9 Å². The van der Waals surface area contributed by atoms with Crippen molar-refractivity contribution in [3.8, 4) is 11.5 Å². The molecule has 0 saturated carbocycles. The summed E-state index contributed by atoms with van der Waals surface area (Å²) in [6.45, 7) is 3.48. The highest BCUT2D eigenvalue weighted by molar-refractivity contribution is 5.74. The van der Waals surface area contributed by atoms with E-state index in [0.717, 1.165) is 22.6 Å². The number of hydrogen-bond acceptors (Lipinski definition) is 4. The fraction of sp³-hybridized carbons (Fsp3) is 0.294. The van der Waals surface area contributed by atoms with E-state index in [1.807, 2.05) is 37.3 Å². The van der Waals surface area contributed by atoms with Gasteiger partial charge in [-0.1, -0.05) is 12.1 Å². The molecular weight excluding hydrogens is 294 g/mol. The summed E-state index contributed by atoms with van der Waals surface area (Å²) >= 11 is 0. The Bertz CT molecular complexity index is 676. The standard InChI is InChI=1S/C17H19N3O3/c1-12(14-4-5-15-16(9-14)23-8-7-22-15)20-17(21)19-11-13-3-2-6-18-10-13/h2-6,9-10,12H,7-8,11H2,1H3,(H2,19,20,21). The maximum absolute atomic E-state index is 12.0. The molecule has 0 radical (unpaired) electrons. The minimum atomic E-state index is -0.226. The van der Waals surface area contributed by atoms with Crippen molar-refractivity contribution in [2.45, 2.75) is 19.5 Å². The number of fused-ring (bicyclic) bond motifs is 1. The van der Waals surface area contributed by atoms with Crippen LogP contribution in [0.3, 0.4) is 0 Å². The fourth-order valence-corrected chi connectivity index (χ4v) is 2.35.